The number of ether oxygens (including phenoxy) is 1. The minimum absolute atomic E-state index is 0.0184. The van der Waals surface area contributed by atoms with Crippen molar-refractivity contribution < 1.29 is 9.53 Å². The van der Waals surface area contributed by atoms with Gasteiger partial charge in [0.1, 0.15) is 6.10 Å². The molecule has 0 aliphatic carbocycles. The van der Waals surface area contributed by atoms with Gasteiger partial charge in [0.15, 0.2) is 0 Å². The summed E-state index contributed by atoms with van der Waals surface area (Å²) in [5, 5.41) is 2.94. The molecule has 2 heterocycles. The molecular weight excluding hydrogens is 276 g/mol. The number of nitrogens with zero attached hydrogens (tertiary/aromatic N) is 1. The van der Waals surface area contributed by atoms with Crippen molar-refractivity contribution in [1.82, 2.24) is 4.90 Å². The summed E-state index contributed by atoms with van der Waals surface area (Å²) in [6, 6.07) is 8.22. The Morgan fingerprint density at radius 1 is 1.27 bits per heavy atom. The molecule has 2 fully saturated rings. The first-order chi connectivity index (χ1) is 10.7. The van der Waals surface area contributed by atoms with Gasteiger partial charge in [0.2, 0.25) is 0 Å². The number of nitrogens with one attached hydrogen (secondary N) is 1. The Labute approximate surface area is 132 Å². The highest BCUT2D eigenvalue weighted by Gasteiger charge is 2.23. The lowest BCUT2D eigenvalue weighted by Crippen LogP contribution is -2.33. The van der Waals surface area contributed by atoms with E-state index in [2.05, 4.69) is 29.3 Å². The van der Waals surface area contributed by atoms with Crippen molar-refractivity contribution in [2.75, 3.05) is 25.0 Å². The Hall–Kier alpha value is -1.39. The first kappa shape index (κ1) is 15.5. The second-order valence-electron chi connectivity index (χ2n) is 6.67. The number of hydrogen-bond donors (Lipinski definition) is 1. The number of carbonyl (C=O) groups excluding carboxylic acids is 1. The molecule has 0 spiro atoms. The first-order valence-electron chi connectivity index (χ1n) is 8.44. The number of hydrogen-bond acceptors (Lipinski definition) is 3. The molecule has 3 rings (SSSR count). The summed E-state index contributed by atoms with van der Waals surface area (Å²) in [4.78, 5) is 14.5. The third kappa shape index (κ3) is 4.08. The van der Waals surface area contributed by atoms with Crippen LogP contribution < -0.4 is 5.32 Å². The molecule has 1 amide bonds. The van der Waals surface area contributed by atoms with Crippen molar-refractivity contribution in [2.24, 2.45) is 5.92 Å². The van der Waals surface area contributed by atoms with Crippen molar-refractivity contribution in [1.29, 1.82) is 0 Å². The molecule has 1 N–H and O–H groups in total. The van der Waals surface area contributed by atoms with E-state index in [0.29, 0.717) is 6.61 Å². The molecule has 2 saturated heterocycles. The average molecular weight is 302 g/mol. The lowest BCUT2D eigenvalue weighted by molar-refractivity contribution is -0.124. The van der Waals surface area contributed by atoms with Crippen molar-refractivity contribution in [3.05, 3.63) is 29.8 Å². The molecule has 4 heteroatoms. The van der Waals surface area contributed by atoms with E-state index in [1.165, 1.54) is 31.5 Å². The summed E-state index contributed by atoms with van der Waals surface area (Å²) in [5.74, 6) is 0.786. The van der Waals surface area contributed by atoms with E-state index < -0.39 is 0 Å². The van der Waals surface area contributed by atoms with Gasteiger partial charge in [-0.1, -0.05) is 19.1 Å². The number of anilines is 1. The Morgan fingerprint density at radius 2 is 2.09 bits per heavy atom. The summed E-state index contributed by atoms with van der Waals surface area (Å²) in [7, 11) is 0. The number of amides is 1. The second kappa shape index (κ2) is 7.25. The van der Waals surface area contributed by atoms with Crippen molar-refractivity contribution in [2.45, 2.75) is 45.3 Å². The van der Waals surface area contributed by atoms with Crippen molar-refractivity contribution in [3.8, 4) is 0 Å². The van der Waals surface area contributed by atoms with Gasteiger partial charge in [-0.2, -0.15) is 0 Å². The highest BCUT2D eigenvalue weighted by Crippen LogP contribution is 2.19. The summed E-state index contributed by atoms with van der Waals surface area (Å²) < 4.78 is 5.40. The van der Waals surface area contributed by atoms with Crippen LogP contribution in [-0.4, -0.2) is 36.6 Å². The predicted octanol–water partition coefficient (Wildman–Crippen LogP) is 3.04. The van der Waals surface area contributed by atoms with Crippen LogP contribution in [0.2, 0.25) is 0 Å². The molecule has 2 aliphatic heterocycles. The van der Waals surface area contributed by atoms with E-state index in [1.807, 2.05) is 12.1 Å². The van der Waals surface area contributed by atoms with E-state index >= 15 is 0 Å². The third-order valence-corrected chi connectivity index (χ3v) is 4.59. The fourth-order valence-corrected chi connectivity index (χ4v) is 3.39. The van der Waals surface area contributed by atoms with E-state index in [9.17, 15) is 4.79 Å². The van der Waals surface area contributed by atoms with Crippen LogP contribution in [0.1, 0.15) is 38.2 Å². The van der Waals surface area contributed by atoms with Gasteiger partial charge >= 0.3 is 0 Å². The van der Waals surface area contributed by atoms with Gasteiger partial charge in [-0.25, -0.2) is 0 Å². The molecule has 22 heavy (non-hydrogen) atoms. The lowest BCUT2D eigenvalue weighted by Gasteiger charge is -2.30. The minimum atomic E-state index is -0.269. The molecule has 1 aromatic rings. The smallest absolute Gasteiger partial charge is 0.253 e. The number of rotatable bonds is 4. The topological polar surface area (TPSA) is 41.6 Å². The molecule has 0 bridgehead atoms. The zero-order chi connectivity index (χ0) is 15.4. The van der Waals surface area contributed by atoms with Gasteiger partial charge in [-0.15, -0.1) is 0 Å². The van der Waals surface area contributed by atoms with E-state index in [0.717, 1.165) is 31.0 Å². The Balaban J connectivity index is 1.52. The van der Waals surface area contributed by atoms with E-state index in [4.69, 9.17) is 4.74 Å². The molecule has 0 aromatic heterocycles. The molecular formula is C18H26N2O2. The van der Waals surface area contributed by atoms with Crippen LogP contribution >= 0.6 is 0 Å². The fourth-order valence-electron chi connectivity index (χ4n) is 3.39. The van der Waals surface area contributed by atoms with Crippen LogP contribution in [-0.2, 0) is 16.1 Å². The monoisotopic (exact) mass is 302 g/mol. The molecule has 120 valence electrons. The lowest BCUT2D eigenvalue weighted by atomic mass is 10.00. The standard InChI is InChI=1S/C18H26N2O2/c1-14-4-2-10-20(12-14)13-15-6-8-16(9-7-15)19-18(21)17-5-3-11-22-17/h6-9,14,17H,2-5,10-13H2,1H3,(H,19,21)/t14-,17+/m0/s1. The van der Waals surface area contributed by atoms with E-state index in [-0.39, 0.29) is 12.0 Å². The molecule has 0 radical (unpaired) electrons. The number of carbonyl (C=O) groups is 1. The van der Waals surface area contributed by atoms with Gasteiger partial charge in [0.05, 0.1) is 0 Å². The van der Waals surface area contributed by atoms with Crippen LogP contribution in [0.15, 0.2) is 24.3 Å². The van der Waals surface area contributed by atoms with Crippen molar-refractivity contribution >= 4 is 11.6 Å². The SMILES string of the molecule is C[C@H]1CCCN(Cc2ccc(NC(=O)[C@H]3CCCO3)cc2)C1. The van der Waals surface area contributed by atoms with Gasteiger partial charge in [0, 0.05) is 25.4 Å². The minimum Gasteiger partial charge on any atom is -0.368 e. The zero-order valence-electron chi connectivity index (χ0n) is 13.4. The van der Waals surface area contributed by atoms with Gasteiger partial charge in [-0.05, 0) is 55.8 Å². The maximum absolute atomic E-state index is 12.0. The van der Waals surface area contributed by atoms with Crippen LogP contribution in [0, 0.1) is 5.92 Å². The number of benzene rings is 1. The van der Waals surface area contributed by atoms with Crippen LogP contribution in [0.4, 0.5) is 5.69 Å². The quantitative estimate of drug-likeness (QED) is 0.929. The number of piperidine rings is 1. The van der Waals surface area contributed by atoms with Crippen LogP contribution in [0.3, 0.4) is 0 Å². The van der Waals surface area contributed by atoms with Crippen LogP contribution in [0.5, 0.6) is 0 Å². The van der Waals surface area contributed by atoms with Gasteiger partial charge in [0.25, 0.3) is 5.91 Å². The first-order valence-corrected chi connectivity index (χ1v) is 8.44. The van der Waals surface area contributed by atoms with Gasteiger partial charge < -0.3 is 10.1 Å². The number of likely N-dealkylation sites (tertiary alicyclic amines) is 1. The predicted molar refractivity (Wildman–Crippen MR) is 87.7 cm³/mol. The second-order valence-corrected chi connectivity index (χ2v) is 6.67. The molecule has 4 nitrogen and oxygen atoms in total. The highest BCUT2D eigenvalue weighted by atomic mass is 16.5. The molecule has 0 saturated carbocycles. The normalized spacial score (nSPS) is 26.0. The van der Waals surface area contributed by atoms with Gasteiger partial charge in [-0.3, -0.25) is 9.69 Å². The Kier molecular flexibility index (Phi) is 5.11. The Morgan fingerprint density at radius 3 is 2.77 bits per heavy atom. The molecule has 1 aromatic carbocycles. The maximum atomic E-state index is 12.0. The summed E-state index contributed by atoms with van der Waals surface area (Å²) in [6.45, 7) is 6.42. The zero-order valence-corrected chi connectivity index (χ0v) is 13.4. The largest absolute Gasteiger partial charge is 0.368 e. The summed E-state index contributed by atoms with van der Waals surface area (Å²) in [6.07, 6.45) is 4.19. The molecule has 2 aliphatic rings. The van der Waals surface area contributed by atoms with Crippen molar-refractivity contribution in [3.63, 3.8) is 0 Å². The average Bonchev–Trinajstić information content (AvgIpc) is 3.04. The third-order valence-electron chi connectivity index (χ3n) is 4.59. The Bertz CT molecular complexity index is 494. The molecule has 2 atom stereocenters. The van der Waals surface area contributed by atoms with Crippen LogP contribution in [0.25, 0.3) is 0 Å². The summed E-state index contributed by atoms with van der Waals surface area (Å²) in [5.41, 5.74) is 2.17. The highest BCUT2D eigenvalue weighted by molar-refractivity contribution is 5.94. The van der Waals surface area contributed by atoms with E-state index in [1.54, 1.807) is 0 Å². The maximum Gasteiger partial charge on any atom is 0.253 e. The fraction of sp³-hybridized carbons (Fsp3) is 0.611. The molecule has 0 unspecified atom stereocenters. The summed E-state index contributed by atoms with van der Waals surface area (Å²) >= 11 is 0.